The zero-order valence-corrected chi connectivity index (χ0v) is 17.4. The van der Waals surface area contributed by atoms with Gasteiger partial charge in [-0.1, -0.05) is 55.0 Å². The van der Waals surface area contributed by atoms with Crippen LogP contribution in [-0.2, 0) is 9.53 Å². The van der Waals surface area contributed by atoms with Crippen molar-refractivity contribution < 1.29 is 19.1 Å². The number of benzene rings is 2. The Morgan fingerprint density at radius 3 is 2.42 bits per heavy atom. The normalized spacial score (nSPS) is 10.4. The van der Waals surface area contributed by atoms with E-state index >= 15 is 0 Å². The molecular weight excluding hydrogens is 396 g/mol. The van der Waals surface area contributed by atoms with E-state index in [1.165, 1.54) is 0 Å². The highest BCUT2D eigenvalue weighted by Gasteiger charge is 2.21. The zero-order chi connectivity index (χ0) is 22.2. The molecule has 0 saturated heterocycles. The molecule has 0 atom stereocenters. The lowest BCUT2D eigenvalue weighted by Crippen LogP contribution is -2.41. The molecule has 1 heterocycles. The largest absolute Gasteiger partial charge is 0.452 e. The quantitative estimate of drug-likeness (QED) is 0.571. The maximum Gasteiger partial charge on any atom is 0.342 e. The van der Waals surface area contributed by atoms with Gasteiger partial charge in [-0.3, -0.25) is 10.1 Å². The first kappa shape index (κ1) is 21.8. The SMILES string of the molecule is CCCNC(=O)NC(=O)COC(=O)c1cn(-c2ccccc2)nc1-c1ccc(C)cc1. The van der Waals surface area contributed by atoms with E-state index in [2.05, 4.69) is 15.7 Å². The number of hydrogen-bond donors (Lipinski definition) is 2. The summed E-state index contributed by atoms with van der Waals surface area (Å²) in [5.74, 6) is -1.42. The number of urea groups is 1. The molecule has 0 aliphatic rings. The Kier molecular flexibility index (Phi) is 7.16. The summed E-state index contributed by atoms with van der Waals surface area (Å²) >= 11 is 0. The standard InChI is InChI=1S/C23H24N4O4/c1-3-13-24-23(30)25-20(28)15-31-22(29)19-14-27(18-7-5-4-6-8-18)26-21(19)17-11-9-16(2)10-12-17/h4-12,14H,3,13,15H2,1-2H3,(H2,24,25,28,30). The van der Waals surface area contributed by atoms with E-state index in [1.54, 1.807) is 10.9 Å². The summed E-state index contributed by atoms with van der Waals surface area (Å²) in [4.78, 5) is 36.2. The summed E-state index contributed by atoms with van der Waals surface area (Å²) in [6.45, 7) is 3.72. The number of imide groups is 1. The lowest BCUT2D eigenvalue weighted by Gasteiger charge is -2.07. The summed E-state index contributed by atoms with van der Waals surface area (Å²) in [5.41, 5.74) is 3.26. The highest BCUT2D eigenvalue weighted by atomic mass is 16.5. The van der Waals surface area contributed by atoms with E-state index in [0.717, 1.165) is 23.2 Å². The molecule has 3 aromatic rings. The molecule has 1 aromatic heterocycles. The van der Waals surface area contributed by atoms with Crippen LogP contribution in [0.5, 0.6) is 0 Å². The molecule has 0 bridgehead atoms. The monoisotopic (exact) mass is 420 g/mol. The summed E-state index contributed by atoms with van der Waals surface area (Å²) in [7, 11) is 0. The fourth-order valence-corrected chi connectivity index (χ4v) is 2.82. The van der Waals surface area contributed by atoms with E-state index in [4.69, 9.17) is 4.74 Å². The Bertz CT molecular complexity index is 1060. The Balaban J connectivity index is 1.79. The molecule has 160 valence electrons. The molecule has 0 radical (unpaired) electrons. The van der Waals surface area contributed by atoms with Crippen LogP contribution in [0.1, 0.15) is 29.3 Å². The fourth-order valence-electron chi connectivity index (χ4n) is 2.82. The van der Waals surface area contributed by atoms with Crippen molar-refractivity contribution in [3.8, 4) is 16.9 Å². The minimum Gasteiger partial charge on any atom is -0.452 e. The molecule has 2 aromatic carbocycles. The summed E-state index contributed by atoms with van der Waals surface area (Å²) in [5, 5.41) is 9.19. The number of para-hydroxylation sites is 1. The number of ether oxygens (including phenoxy) is 1. The van der Waals surface area contributed by atoms with Gasteiger partial charge in [-0.25, -0.2) is 14.3 Å². The molecule has 0 aliphatic carbocycles. The minimum absolute atomic E-state index is 0.218. The van der Waals surface area contributed by atoms with Gasteiger partial charge in [0.25, 0.3) is 5.91 Å². The van der Waals surface area contributed by atoms with Gasteiger partial charge in [-0.05, 0) is 25.5 Å². The molecule has 31 heavy (non-hydrogen) atoms. The van der Waals surface area contributed by atoms with Gasteiger partial charge in [0, 0.05) is 18.3 Å². The number of aromatic nitrogens is 2. The Hall–Kier alpha value is -3.94. The highest BCUT2D eigenvalue weighted by Crippen LogP contribution is 2.25. The van der Waals surface area contributed by atoms with Gasteiger partial charge in [0.2, 0.25) is 0 Å². The number of hydrogen-bond acceptors (Lipinski definition) is 5. The fraction of sp³-hybridized carbons (Fsp3) is 0.217. The van der Waals surface area contributed by atoms with E-state index in [0.29, 0.717) is 12.2 Å². The number of carbonyl (C=O) groups excluding carboxylic acids is 3. The van der Waals surface area contributed by atoms with Crippen LogP contribution in [-0.4, -0.2) is 40.8 Å². The van der Waals surface area contributed by atoms with Crippen LogP contribution in [0.25, 0.3) is 16.9 Å². The number of esters is 1. The van der Waals surface area contributed by atoms with Gasteiger partial charge in [0.15, 0.2) is 6.61 Å². The van der Waals surface area contributed by atoms with Gasteiger partial charge in [-0.2, -0.15) is 5.10 Å². The molecule has 0 fully saturated rings. The second-order valence-corrected chi connectivity index (χ2v) is 6.92. The van der Waals surface area contributed by atoms with Crippen LogP contribution in [0, 0.1) is 6.92 Å². The van der Waals surface area contributed by atoms with E-state index in [9.17, 15) is 14.4 Å². The van der Waals surface area contributed by atoms with Crippen molar-refractivity contribution >= 4 is 17.9 Å². The van der Waals surface area contributed by atoms with Crippen LogP contribution in [0.2, 0.25) is 0 Å². The molecule has 8 nitrogen and oxygen atoms in total. The van der Waals surface area contributed by atoms with Crippen molar-refractivity contribution in [3.05, 3.63) is 71.9 Å². The van der Waals surface area contributed by atoms with Crippen molar-refractivity contribution in [1.29, 1.82) is 0 Å². The maximum atomic E-state index is 12.8. The number of rotatable bonds is 7. The van der Waals surface area contributed by atoms with Gasteiger partial charge < -0.3 is 10.1 Å². The lowest BCUT2D eigenvalue weighted by molar-refractivity contribution is -0.123. The van der Waals surface area contributed by atoms with Gasteiger partial charge >= 0.3 is 12.0 Å². The predicted octanol–water partition coefficient (Wildman–Crippen LogP) is 3.24. The molecule has 0 saturated carbocycles. The van der Waals surface area contributed by atoms with Crippen LogP contribution in [0.3, 0.4) is 0 Å². The van der Waals surface area contributed by atoms with Crippen molar-refractivity contribution in [2.75, 3.05) is 13.2 Å². The van der Waals surface area contributed by atoms with Crippen molar-refractivity contribution in [2.45, 2.75) is 20.3 Å². The first-order chi connectivity index (χ1) is 15.0. The Morgan fingerprint density at radius 1 is 1.03 bits per heavy atom. The number of carbonyl (C=O) groups is 3. The summed E-state index contributed by atoms with van der Waals surface area (Å²) in [6.07, 6.45) is 2.31. The van der Waals surface area contributed by atoms with E-state index in [1.807, 2.05) is 68.4 Å². The average Bonchev–Trinajstić information content (AvgIpc) is 3.23. The van der Waals surface area contributed by atoms with Gasteiger partial charge in [-0.15, -0.1) is 0 Å². The van der Waals surface area contributed by atoms with Crippen LogP contribution in [0.15, 0.2) is 60.8 Å². The third-order valence-electron chi connectivity index (χ3n) is 4.40. The molecule has 8 heteroatoms. The topological polar surface area (TPSA) is 102 Å². The third-order valence-corrected chi connectivity index (χ3v) is 4.40. The van der Waals surface area contributed by atoms with E-state index < -0.39 is 24.5 Å². The first-order valence-electron chi connectivity index (χ1n) is 9.95. The summed E-state index contributed by atoms with van der Waals surface area (Å²) in [6, 6.07) is 16.3. The predicted molar refractivity (Wildman–Crippen MR) is 116 cm³/mol. The number of aryl methyl sites for hydroxylation is 1. The summed E-state index contributed by atoms with van der Waals surface area (Å²) < 4.78 is 6.73. The Morgan fingerprint density at radius 2 is 1.74 bits per heavy atom. The highest BCUT2D eigenvalue weighted by molar-refractivity contribution is 5.99. The zero-order valence-electron chi connectivity index (χ0n) is 17.4. The number of nitrogens with one attached hydrogen (secondary N) is 2. The number of amides is 3. The molecule has 3 amide bonds. The first-order valence-corrected chi connectivity index (χ1v) is 9.95. The van der Waals surface area contributed by atoms with E-state index in [-0.39, 0.29) is 5.56 Å². The van der Waals surface area contributed by atoms with Gasteiger partial charge in [0.05, 0.1) is 5.69 Å². The van der Waals surface area contributed by atoms with Crippen LogP contribution < -0.4 is 10.6 Å². The number of nitrogens with zero attached hydrogens (tertiary/aromatic N) is 2. The lowest BCUT2D eigenvalue weighted by atomic mass is 10.1. The maximum absolute atomic E-state index is 12.8. The van der Waals surface area contributed by atoms with Crippen LogP contribution in [0.4, 0.5) is 4.79 Å². The molecule has 0 unspecified atom stereocenters. The Labute approximate surface area is 180 Å². The second kappa shape index (κ2) is 10.2. The van der Waals surface area contributed by atoms with Crippen molar-refractivity contribution in [1.82, 2.24) is 20.4 Å². The van der Waals surface area contributed by atoms with Crippen LogP contribution >= 0.6 is 0 Å². The smallest absolute Gasteiger partial charge is 0.342 e. The average molecular weight is 420 g/mol. The molecule has 0 aliphatic heterocycles. The second-order valence-electron chi connectivity index (χ2n) is 6.92. The van der Waals surface area contributed by atoms with Crippen molar-refractivity contribution in [2.24, 2.45) is 0 Å². The van der Waals surface area contributed by atoms with Crippen molar-refractivity contribution in [3.63, 3.8) is 0 Å². The molecule has 2 N–H and O–H groups in total. The minimum atomic E-state index is -0.714. The van der Waals surface area contributed by atoms with Gasteiger partial charge in [0.1, 0.15) is 11.3 Å². The molecule has 3 rings (SSSR count). The third kappa shape index (κ3) is 5.79. The molecular formula is C23H24N4O4. The molecule has 0 spiro atoms.